The van der Waals surface area contributed by atoms with Gasteiger partial charge in [0.2, 0.25) is 11.8 Å². The SMILES string of the molecule is CCCNC(=O)[C@H](CC)N(CCc1ccccc1)C(=O)CN(c1cc(Cl)ccc1OC)S(=O)(=O)c1ccc(OC)c(OC)c1. The third-order valence-corrected chi connectivity index (χ3v) is 9.04. The van der Waals surface area contributed by atoms with E-state index in [1.165, 1.54) is 56.6 Å². The largest absolute Gasteiger partial charge is 0.495 e. The van der Waals surface area contributed by atoms with Gasteiger partial charge in [-0.15, -0.1) is 0 Å². The van der Waals surface area contributed by atoms with Gasteiger partial charge < -0.3 is 24.4 Å². The molecule has 0 aromatic heterocycles. The summed E-state index contributed by atoms with van der Waals surface area (Å²) in [6.07, 6.45) is 1.53. The molecular weight excluding hydrogens is 606 g/mol. The topological polar surface area (TPSA) is 114 Å². The number of nitrogens with zero attached hydrogens (tertiary/aromatic N) is 2. The molecule has 44 heavy (non-hydrogen) atoms. The van der Waals surface area contributed by atoms with E-state index in [0.29, 0.717) is 25.1 Å². The van der Waals surface area contributed by atoms with Crippen LogP contribution in [-0.2, 0) is 26.0 Å². The van der Waals surface area contributed by atoms with E-state index in [4.69, 9.17) is 25.8 Å². The molecule has 2 amide bonds. The predicted molar refractivity (Wildman–Crippen MR) is 171 cm³/mol. The molecule has 1 atom stereocenters. The van der Waals surface area contributed by atoms with Crippen LogP contribution in [0.2, 0.25) is 5.02 Å². The highest BCUT2D eigenvalue weighted by molar-refractivity contribution is 7.92. The minimum atomic E-state index is -4.41. The van der Waals surface area contributed by atoms with Crippen LogP contribution >= 0.6 is 11.6 Å². The van der Waals surface area contributed by atoms with Gasteiger partial charge in [0.15, 0.2) is 11.5 Å². The van der Waals surface area contributed by atoms with Crippen molar-refractivity contribution < 1.29 is 32.2 Å². The average molecular weight is 646 g/mol. The van der Waals surface area contributed by atoms with Crippen LogP contribution in [-0.4, -0.2) is 72.1 Å². The lowest BCUT2D eigenvalue weighted by molar-refractivity contribution is -0.139. The molecule has 0 aliphatic rings. The number of anilines is 1. The van der Waals surface area contributed by atoms with E-state index in [2.05, 4.69) is 5.32 Å². The number of ether oxygens (including phenoxy) is 3. The van der Waals surface area contributed by atoms with Gasteiger partial charge in [0.25, 0.3) is 10.0 Å². The smallest absolute Gasteiger partial charge is 0.265 e. The molecular formula is C32H40ClN3O7S. The second-order valence-electron chi connectivity index (χ2n) is 9.88. The zero-order chi connectivity index (χ0) is 32.3. The Hall–Kier alpha value is -3.96. The maximum atomic E-state index is 14.3. The standard InChI is InChI=1S/C32H40ClN3O7S/c1-6-18-34-32(38)26(7-2)35(19-17-23-11-9-8-10-12-23)31(37)22-36(27-20-24(33)13-15-28(27)41-3)44(39,40)25-14-16-29(42-4)30(21-25)43-5/h8-16,20-21,26H,6-7,17-19,22H2,1-5H3,(H,34,38)/t26-/m0/s1. The van der Waals surface area contributed by atoms with Crippen molar-refractivity contribution in [2.24, 2.45) is 0 Å². The molecule has 0 radical (unpaired) electrons. The van der Waals surface area contributed by atoms with Crippen molar-refractivity contribution in [1.29, 1.82) is 0 Å². The predicted octanol–water partition coefficient (Wildman–Crippen LogP) is 4.94. The summed E-state index contributed by atoms with van der Waals surface area (Å²) in [7, 11) is -0.176. The molecule has 0 bridgehead atoms. The first-order valence-corrected chi connectivity index (χ1v) is 16.1. The molecule has 238 valence electrons. The van der Waals surface area contributed by atoms with Gasteiger partial charge in [-0.25, -0.2) is 8.42 Å². The normalized spacial score (nSPS) is 11.8. The Morgan fingerprint density at radius 2 is 1.55 bits per heavy atom. The van der Waals surface area contributed by atoms with Crippen LogP contribution in [0.4, 0.5) is 5.69 Å². The number of sulfonamides is 1. The molecule has 0 heterocycles. The zero-order valence-electron chi connectivity index (χ0n) is 25.7. The lowest BCUT2D eigenvalue weighted by Crippen LogP contribution is -2.53. The summed E-state index contributed by atoms with van der Waals surface area (Å²) < 4.78 is 45.7. The van der Waals surface area contributed by atoms with Gasteiger partial charge in [0.05, 0.1) is 31.9 Å². The molecule has 3 rings (SSSR count). The Kier molecular flexibility index (Phi) is 12.7. The number of nitrogens with one attached hydrogen (secondary N) is 1. The Morgan fingerprint density at radius 3 is 2.16 bits per heavy atom. The summed E-state index contributed by atoms with van der Waals surface area (Å²) in [5.74, 6) is -0.142. The number of methoxy groups -OCH3 is 3. The quantitative estimate of drug-likeness (QED) is 0.235. The van der Waals surface area contributed by atoms with Crippen molar-refractivity contribution in [1.82, 2.24) is 10.2 Å². The molecule has 1 N–H and O–H groups in total. The van der Waals surface area contributed by atoms with Crippen LogP contribution < -0.4 is 23.8 Å². The number of halogens is 1. The van der Waals surface area contributed by atoms with E-state index in [1.807, 2.05) is 44.2 Å². The van der Waals surface area contributed by atoms with Crippen LogP contribution in [0, 0.1) is 0 Å². The van der Waals surface area contributed by atoms with E-state index in [9.17, 15) is 18.0 Å². The highest BCUT2D eigenvalue weighted by Crippen LogP contribution is 2.37. The molecule has 0 saturated carbocycles. The number of carbonyl (C=O) groups is 2. The Labute approximate surface area is 264 Å². The Balaban J connectivity index is 2.12. The third-order valence-electron chi connectivity index (χ3n) is 7.05. The fourth-order valence-corrected chi connectivity index (χ4v) is 6.34. The van der Waals surface area contributed by atoms with Crippen LogP contribution in [0.25, 0.3) is 0 Å². The van der Waals surface area contributed by atoms with Crippen molar-refractivity contribution in [2.75, 3.05) is 45.3 Å². The van der Waals surface area contributed by atoms with Gasteiger partial charge in [-0.2, -0.15) is 0 Å². The van der Waals surface area contributed by atoms with Crippen LogP contribution in [0.5, 0.6) is 17.2 Å². The van der Waals surface area contributed by atoms with E-state index in [1.54, 1.807) is 6.07 Å². The summed E-state index contributed by atoms with van der Waals surface area (Å²) in [5.41, 5.74) is 1.04. The molecule has 0 aliphatic heterocycles. The summed E-state index contributed by atoms with van der Waals surface area (Å²) in [4.78, 5) is 28.8. The summed E-state index contributed by atoms with van der Waals surface area (Å²) in [6.45, 7) is 3.78. The maximum Gasteiger partial charge on any atom is 0.265 e. The molecule has 0 aliphatic carbocycles. The van der Waals surface area contributed by atoms with Crippen molar-refractivity contribution >= 4 is 39.1 Å². The van der Waals surface area contributed by atoms with E-state index >= 15 is 0 Å². The van der Waals surface area contributed by atoms with Gasteiger partial charge in [-0.1, -0.05) is 55.8 Å². The highest BCUT2D eigenvalue weighted by Gasteiger charge is 2.35. The van der Waals surface area contributed by atoms with Gasteiger partial charge in [-0.3, -0.25) is 13.9 Å². The number of hydrogen-bond donors (Lipinski definition) is 1. The zero-order valence-corrected chi connectivity index (χ0v) is 27.3. The number of benzene rings is 3. The molecule has 10 nitrogen and oxygen atoms in total. The van der Waals surface area contributed by atoms with Gasteiger partial charge in [0, 0.05) is 24.2 Å². The number of carbonyl (C=O) groups excluding carboxylic acids is 2. The maximum absolute atomic E-state index is 14.3. The van der Waals surface area contributed by atoms with E-state index in [0.717, 1.165) is 16.3 Å². The number of hydrogen-bond acceptors (Lipinski definition) is 7. The second-order valence-corrected chi connectivity index (χ2v) is 12.2. The van der Waals surface area contributed by atoms with Crippen molar-refractivity contribution in [3.05, 3.63) is 77.3 Å². The molecule has 3 aromatic rings. The van der Waals surface area contributed by atoms with E-state index in [-0.39, 0.29) is 39.6 Å². The molecule has 0 saturated heterocycles. The van der Waals surface area contributed by atoms with Crippen LogP contribution in [0.15, 0.2) is 71.6 Å². The van der Waals surface area contributed by atoms with Gasteiger partial charge in [-0.05, 0) is 55.2 Å². The van der Waals surface area contributed by atoms with Crippen LogP contribution in [0.1, 0.15) is 32.3 Å². The monoisotopic (exact) mass is 645 g/mol. The molecule has 0 fully saturated rings. The number of amides is 2. The summed E-state index contributed by atoms with van der Waals surface area (Å²) >= 11 is 6.32. The lowest BCUT2D eigenvalue weighted by Gasteiger charge is -2.33. The lowest BCUT2D eigenvalue weighted by atomic mass is 10.1. The fourth-order valence-electron chi connectivity index (χ4n) is 4.74. The highest BCUT2D eigenvalue weighted by atomic mass is 35.5. The Morgan fingerprint density at radius 1 is 0.886 bits per heavy atom. The summed E-state index contributed by atoms with van der Waals surface area (Å²) in [5, 5.41) is 3.12. The molecule has 0 spiro atoms. The summed E-state index contributed by atoms with van der Waals surface area (Å²) in [6, 6.07) is 17.4. The molecule has 3 aromatic carbocycles. The average Bonchev–Trinajstić information content (AvgIpc) is 3.04. The van der Waals surface area contributed by atoms with E-state index < -0.39 is 28.5 Å². The van der Waals surface area contributed by atoms with Crippen molar-refractivity contribution in [2.45, 2.75) is 44.0 Å². The molecule has 12 heteroatoms. The first-order valence-electron chi connectivity index (χ1n) is 14.3. The second kappa shape index (κ2) is 16.2. The van der Waals surface area contributed by atoms with Gasteiger partial charge >= 0.3 is 0 Å². The number of rotatable bonds is 16. The van der Waals surface area contributed by atoms with Gasteiger partial charge in [0.1, 0.15) is 18.3 Å². The first-order chi connectivity index (χ1) is 21.1. The first kappa shape index (κ1) is 34.5. The minimum absolute atomic E-state index is 0.0645. The Bertz CT molecular complexity index is 1520. The minimum Gasteiger partial charge on any atom is -0.495 e. The van der Waals surface area contributed by atoms with Crippen LogP contribution in [0.3, 0.4) is 0 Å². The fraction of sp³-hybridized carbons (Fsp3) is 0.375. The van der Waals surface area contributed by atoms with Crippen molar-refractivity contribution in [3.8, 4) is 17.2 Å². The van der Waals surface area contributed by atoms with Crippen molar-refractivity contribution in [3.63, 3.8) is 0 Å². The third kappa shape index (κ3) is 8.35. The molecule has 0 unspecified atom stereocenters.